The molecule has 2 aliphatic rings. The Hall–Kier alpha value is -14.9. The minimum absolute atomic E-state index is 0.650. The molecule has 548 valence electrons. The number of benzene rings is 19. The second-order valence-electron chi connectivity index (χ2n) is 30.7. The second kappa shape index (κ2) is 26.1. The lowest BCUT2D eigenvalue weighted by Crippen LogP contribution is -2.05. The lowest BCUT2D eigenvalue weighted by atomic mass is 9.88. The van der Waals surface area contributed by atoms with E-state index in [1.54, 1.807) is 28.4 Å². The molecular formula is C106H70N6O4. The van der Waals surface area contributed by atoms with Crippen molar-refractivity contribution in [3.63, 3.8) is 0 Å². The van der Waals surface area contributed by atoms with Gasteiger partial charge in [0.2, 0.25) is 0 Å². The maximum Gasteiger partial charge on any atom is 0.146 e. The molecule has 0 fully saturated rings. The summed E-state index contributed by atoms with van der Waals surface area (Å²) in [5.74, 6) is 3.96. The quantitative estimate of drug-likeness (QED) is 0.0886. The number of rotatable bonds is 12. The van der Waals surface area contributed by atoms with Gasteiger partial charge in [0, 0.05) is 63.3 Å². The van der Waals surface area contributed by atoms with Gasteiger partial charge in [-0.15, -0.1) is 0 Å². The minimum atomic E-state index is 0.650. The van der Waals surface area contributed by atoms with E-state index in [0.29, 0.717) is 24.1 Å². The average Bonchev–Trinajstić information content (AvgIpc) is 1.05. The Labute approximate surface area is 667 Å². The van der Waals surface area contributed by atoms with Crippen LogP contribution < -0.4 is 18.9 Å². The Bertz CT molecular complexity index is 7930. The number of aliphatic imine (C=N–C) groups is 2. The predicted octanol–water partition coefficient (Wildman–Crippen LogP) is 26.4. The third-order valence-corrected chi connectivity index (χ3v) is 24.6. The van der Waals surface area contributed by atoms with E-state index >= 15 is 0 Å². The maximum atomic E-state index is 6.16. The van der Waals surface area contributed by atoms with Crippen LogP contribution in [-0.2, 0) is 19.9 Å². The topological polar surface area (TPSA) is 105 Å². The van der Waals surface area contributed by atoms with Crippen molar-refractivity contribution in [2.75, 3.05) is 28.4 Å². The fourth-order valence-electron chi connectivity index (χ4n) is 18.9. The molecule has 10 nitrogen and oxygen atoms in total. The fraction of sp³-hybridized carbons (Fsp3) is 0.0660. The van der Waals surface area contributed by atoms with Crippen LogP contribution in [-0.4, -0.2) is 59.4 Å². The van der Waals surface area contributed by atoms with Gasteiger partial charge in [-0.25, -0.2) is 15.0 Å². The first-order chi connectivity index (χ1) is 57.2. The molecule has 2 aliphatic heterocycles. The van der Waals surface area contributed by atoms with Crippen molar-refractivity contribution in [2.45, 2.75) is 12.8 Å². The zero-order chi connectivity index (χ0) is 77.1. The number of fused-ring (bicyclic) bond motifs is 26. The summed E-state index contributed by atoms with van der Waals surface area (Å²) in [4.78, 5) is 28.1. The van der Waals surface area contributed by atoms with Crippen molar-refractivity contribution >= 4 is 153 Å². The number of hydrogen-bond acceptors (Lipinski definition) is 9. The van der Waals surface area contributed by atoms with Gasteiger partial charge in [0.1, 0.15) is 34.3 Å². The third kappa shape index (κ3) is 10.4. The first kappa shape index (κ1) is 66.9. The molecule has 0 saturated heterocycles. The maximum absolute atomic E-state index is 6.16. The zero-order valence-corrected chi connectivity index (χ0v) is 64.2. The molecule has 23 rings (SSSR count). The molecule has 19 aromatic carbocycles. The molecule has 0 spiro atoms. The third-order valence-electron chi connectivity index (χ3n) is 24.6. The van der Waals surface area contributed by atoms with Gasteiger partial charge in [-0.3, -0.25) is 9.98 Å². The molecule has 116 heavy (non-hydrogen) atoms. The molecular weight excluding hydrogens is 1420 g/mol. The van der Waals surface area contributed by atoms with Crippen LogP contribution in [0.25, 0.3) is 197 Å². The highest BCUT2D eigenvalue weighted by Gasteiger charge is 2.30. The predicted molar refractivity (Wildman–Crippen MR) is 480 cm³/mol. The van der Waals surface area contributed by atoms with Crippen molar-refractivity contribution < 1.29 is 18.9 Å². The van der Waals surface area contributed by atoms with Gasteiger partial charge < -0.3 is 23.5 Å². The summed E-state index contributed by atoms with van der Waals surface area (Å²) in [6.07, 6.45) is 1.31. The summed E-state index contributed by atoms with van der Waals surface area (Å²) in [6, 6.07) is 112. The van der Waals surface area contributed by atoms with Gasteiger partial charge in [0.15, 0.2) is 0 Å². The Morgan fingerprint density at radius 1 is 0.259 bits per heavy atom. The van der Waals surface area contributed by atoms with Crippen molar-refractivity contribution in [1.82, 2.24) is 19.5 Å². The van der Waals surface area contributed by atoms with Crippen molar-refractivity contribution in [1.29, 1.82) is 0 Å². The Kier molecular flexibility index (Phi) is 15.1. The van der Waals surface area contributed by atoms with E-state index in [-0.39, 0.29) is 0 Å². The molecule has 0 radical (unpaired) electrons. The molecule has 10 heteroatoms. The van der Waals surface area contributed by atoms with Gasteiger partial charge >= 0.3 is 0 Å². The lowest BCUT2D eigenvalue weighted by molar-refractivity contribution is 0.414. The molecule has 2 aromatic heterocycles. The summed E-state index contributed by atoms with van der Waals surface area (Å²) in [5.41, 5.74) is 25.8. The van der Waals surface area contributed by atoms with Crippen LogP contribution in [0.15, 0.2) is 319 Å². The average molecular weight is 1490 g/mol. The van der Waals surface area contributed by atoms with Crippen molar-refractivity contribution in [3.05, 3.63) is 332 Å². The van der Waals surface area contributed by atoms with Crippen LogP contribution >= 0.6 is 0 Å². The van der Waals surface area contributed by atoms with Crippen molar-refractivity contribution in [3.8, 4) is 90.0 Å². The van der Waals surface area contributed by atoms with Gasteiger partial charge in [0.25, 0.3) is 0 Å². The Morgan fingerprint density at radius 2 is 0.664 bits per heavy atom. The van der Waals surface area contributed by atoms with Crippen molar-refractivity contribution in [2.24, 2.45) is 17.0 Å². The van der Waals surface area contributed by atoms with Crippen LogP contribution in [0.2, 0.25) is 0 Å². The first-order valence-corrected chi connectivity index (χ1v) is 39.3. The highest BCUT2D eigenvalue weighted by atomic mass is 16.5. The van der Waals surface area contributed by atoms with Gasteiger partial charge in [-0.05, 0) is 252 Å². The minimum Gasteiger partial charge on any atom is -0.497 e. The molecule has 0 amide bonds. The molecule has 0 saturated carbocycles. The van der Waals surface area contributed by atoms with E-state index in [2.05, 4.69) is 279 Å². The number of para-hydroxylation sites is 1. The highest BCUT2D eigenvalue weighted by molar-refractivity contribution is 6.29. The standard InChI is InChI=1S/C106H70N6O4/c1-112-105-92-56-71(34-47-82(92)81-42-28-65(60-17-10-7-11-18-60)51-89(81)103(105)111-106(112)63-25-38-73(114-3)39-26-63)70-33-45-79-80-46-32-69(55-88(80)102-101(87(79)54-70)107-93-21-14-22-97(116-5)104(93)110-102)66-29-41-76-77-43-30-67(52-85(77)99-90(84(76)50-66)57-94(108-99)62-23-36-72(113-2)37-24-62)68-31-44-78-75-40-27-64(59-15-8-6-9-16-59)49-83(75)91-58-95(109-100(91)86(78)53-68)98-74-20-13-12-19-61(74)35-48-96(98)115-4/h6-56H,57-58H2,1-5H3. The number of aromatic nitrogens is 4. The summed E-state index contributed by atoms with van der Waals surface area (Å²) in [5, 5.41) is 20.2. The molecule has 21 aromatic rings. The Balaban J connectivity index is 0.669. The first-order valence-electron chi connectivity index (χ1n) is 39.3. The molecule has 4 heterocycles. The molecule has 0 unspecified atom stereocenters. The molecule has 0 N–H and O–H groups in total. The normalized spacial score (nSPS) is 12.7. The zero-order valence-electron chi connectivity index (χ0n) is 64.2. The largest absolute Gasteiger partial charge is 0.497 e. The number of hydrogen-bond donors (Lipinski definition) is 0. The van der Waals surface area contributed by atoms with Gasteiger partial charge in [-0.2, -0.15) is 0 Å². The van der Waals surface area contributed by atoms with E-state index in [1.807, 2.05) is 42.5 Å². The van der Waals surface area contributed by atoms with Crippen LogP contribution in [0.5, 0.6) is 23.0 Å². The van der Waals surface area contributed by atoms with Crippen LogP contribution in [0, 0.1) is 0 Å². The Morgan fingerprint density at radius 3 is 1.18 bits per heavy atom. The van der Waals surface area contributed by atoms with E-state index in [9.17, 15) is 0 Å². The number of methoxy groups -OCH3 is 4. The second-order valence-corrected chi connectivity index (χ2v) is 30.7. The number of ether oxygens (including phenoxy) is 4. The van der Waals surface area contributed by atoms with Crippen LogP contribution in [0.3, 0.4) is 0 Å². The van der Waals surface area contributed by atoms with Crippen LogP contribution in [0.4, 0.5) is 11.4 Å². The number of aryl methyl sites for hydroxylation is 1. The van der Waals surface area contributed by atoms with Gasteiger partial charge in [0.05, 0.1) is 78.8 Å². The molecule has 0 bridgehead atoms. The highest BCUT2D eigenvalue weighted by Crippen LogP contribution is 2.51. The molecule has 0 atom stereocenters. The van der Waals surface area contributed by atoms with E-state index in [0.717, 1.165) is 215 Å². The number of nitrogens with zero attached hydrogens (tertiary/aromatic N) is 6. The monoisotopic (exact) mass is 1490 g/mol. The number of imidazole rings is 1. The van der Waals surface area contributed by atoms with Gasteiger partial charge in [-0.1, -0.05) is 194 Å². The summed E-state index contributed by atoms with van der Waals surface area (Å²) in [6.45, 7) is 0. The lowest BCUT2D eigenvalue weighted by Gasteiger charge is -2.16. The van der Waals surface area contributed by atoms with E-state index in [4.69, 9.17) is 43.9 Å². The summed E-state index contributed by atoms with van der Waals surface area (Å²) >= 11 is 0. The van der Waals surface area contributed by atoms with Crippen LogP contribution in [0.1, 0.15) is 22.3 Å². The summed E-state index contributed by atoms with van der Waals surface area (Å²) < 4.78 is 25.7. The van der Waals surface area contributed by atoms with E-state index < -0.39 is 0 Å². The summed E-state index contributed by atoms with van der Waals surface area (Å²) in [7, 11) is 9.01. The SMILES string of the molecule is COc1ccc(C2=Nc3c(c4cc(-c5ccc6c7ccc(-c8ccc9c%10ccc(-c%11ccccc%11)cc%10c%10nc(-c%11ccc(OC)cc%11)n(C)c%10c9c8)cc7c7nc8cccc(OC)c8nc7c6c5)ccc4c4ccc(-c5ccc6c(c5)c5c(c7cc(-c8ccccc8)ccc76)CC(c6c(OC)ccc7ccccc67)=N5)cc34)C2)cc1. The molecule has 0 aliphatic carbocycles. The van der Waals surface area contributed by atoms with E-state index in [1.165, 1.54) is 38.4 Å². The fourth-order valence-corrected chi connectivity index (χ4v) is 18.9. The smallest absolute Gasteiger partial charge is 0.146 e.